The van der Waals surface area contributed by atoms with Gasteiger partial charge in [0.15, 0.2) is 4.90 Å². The van der Waals surface area contributed by atoms with Crippen molar-refractivity contribution in [1.29, 1.82) is 5.26 Å². The van der Waals surface area contributed by atoms with Crippen LogP contribution in [0.1, 0.15) is 37.7 Å². The first-order chi connectivity index (χ1) is 12.3. The van der Waals surface area contributed by atoms with E-state index >= 15 is 0 Å². The van der Waals surface area contributed by atoms with Crippen molar-refractivity contribution in [3.63, 3.8) is 0 Å². The average molecular weight is 386 g/mol. The molecule has 1 aliphatic heterocycles. The van der Waals surface area contributed by atoms with Crippen LogP contribution in [0.5, 0.6) is 0 Å². The van der Waals surface area contributed by atoms with Gasteiger partial charge in [0.1, 0.15) is 11.6 Å². The normalized spacial score (nSPS) is 23.2. The Bertz CT molecular complexity index is 799. The van der Waals surface area contributed by atoms with Crippen LogP contribution < -0.4 is 4.72 Å². The molecule has 9 heteroatoms. The van der Waals surface area contributed by atoms with Crippen LogP contribution in [0.2, 0.25) is 0 Å². The molecule has 0 radical (unpaired) electrons. The second-order valence-electron chi connectivity index (χ2n) is 6.91. The molecule has 1 aliphatic carbocycles. The number of halogens is 2. The highest BCUT2D eigenvalue weighted by molar-refractivity contribution is 7.89. The first kappa shape index (κ1) is 19.2. The van der Waals surface area contributed by atoms with Gasteiger partial charge in [-0.05, 0) is 37.8 Å². The van der Waals surface area contributed by atoms with Gasteiger partial charge in [-0.1, -0.05) is 6.42 Å². The minimum absolute atomic E-state index is 0.238. The smallest absolute Gasteiger partial charge is 0.246 e. The number of aliphatic hydroxyl groups excluding tert-OH is 1. The molecule has 2 N–H and O–H groups in total. The van der Waals surface area contributed by atoms with E-state index < -0.39 is 44.1 Å². The third kappa shape index (κ3) is 3.34. The fourth-order valence-corrected chi connectivity index (χ4v) is 5.25. The Morgan fingerprint density at radius 3 is 2.42 bits per heavy atom. The predicted octanol–water partition coefficient (Wildman–Crippen LogP) is 1.82. The summed E-state index contributed by atoms with van der Waals surface area (Å²) >= 11 is 0. The molecule has 26 heavy (non-hydrogen) atoms. The van der Waals surface area contributed by atoms with Gasteiger partial charge >= 0.3 is 0 Å². The minimum atomic E-state index is -4.55. The summed E-state index contributed by atoms with van der Waals surface area (Å²) in [6.07, 6.45) is 2.95. The molecule has 1 aromatic rings. The summed E-state index contributed by atoms with van der Waals surface area (Å²) < 4.78 is 61.9. The van der Waals surface area contributed by atoms with Crippen LogP contribution in [0.3, 0.4) is 0 Å². The van der Waals surface area contributed by atoms with Crippen molar-refractivity contribution in [1.82, 2.24) is 4.72 Å². The number of rotatable bonds is 6. The van der Waals surface area contributed by atoms with Crippen molar-refractivity contribution in [2.75, 3.05) is 13.2 Å². The average Bonchev–Trinajstić information content (AvgIpc) is 3.06. The largest absolute Gasteiger partial charge is 0.396 e. The van der Waals surface area contributed by atoms with Gasteiger partial charge < -0.3 is 9.84 Å². The number of nitriles is 1. The van der Waals surface area contributed by atoms with Crippen LogP contribution in [-0.2, 0) is 14.8 Å². The Balaban J connectivity index is 1.97. The van der Waals surface area contributed by atoms with Crippen LogP contribution in [0.25, 0.3) is 0 Å². The highest BCUT2D eigenvalue weighted by Crippen LogP contribution is 2.46. The number of hydrogen-bond donors (Lipinski definition) is 2. The van der Waals surface area contributed by atoms with Gasteiger partial charge in [-0.2, -0.15) is 5.26 Å². The molecular formula is C17H20F2N2O4S. The molecule has 0 unspecified atom stereocenters. The number of sulfonamides is 1. The number of ether oxygens (including phenoxy) is 1. The summed E-state index contributed by atoms with van der Waals surface area (Å²) in [6, 6.07) is 2.17. The van der Waals surface area contributed by atoms with Crippen molar-refractivity contribution >= 4 is 10.0 Å². The zero-order valence-electron chi connectivity index (χ0n) is 14.0. The van der Waals surface area contributed by atoms with Crippen LogP contribution in [0.15, 0.2) is 17.0 Å². The first-order valence-corrected chi connectivity index (χ1v) is 9.95. The lowest BCUT2D eigenvalue weighted by Crippen LogP contribution is -2.58. The Morgan fingerprint density at radius 1 is 1.35 bits per heavy atom. The molecule has 0 amide bonds. The SMILES string of the molecule is N#Cc1cc(F)c(S(=O)(=O)N[C@@H]([C@@H]2CCCO2)C2(CO)CCC2)c(F)c1. The molecule has 1 saturated carbocycles. The quantitative estimate of drug-likeness (QED) is 0.777. The van der Waals surface area contributed by atoms with E-state index in [2.05, 4.69) is 4.72 Å². The molecule has 142 valence electrons. The molecule has 6 nitrogen and oxygen atoms in total. The van der Waals surface area contributed by atoms with E-state index in [1.54, 1.807) is 6.07 Å². The molecule has 0 bridgehead atoms. The van der Waals surface area contributed by atoms with E-state index in [0.717, 1.165) is 12.8 Å². The Kier molecular flexibility index (Phi) is 5.30. The number of aliphatic hydroxyl groups is 1. The first-order valence-electron chi connectivity index (χ1n) is 8.47. The maximum Gasteiger partial charge on any atom is 0.246 e. The minimum Gasteiger partial charge on any atom is -0.396 e. The van der Waals surface area contributed by atoms with Crippen molar-refractivity contribution < 1.29 is 27.0 Å². The fourth-order valence-electron chi connectivity index (χ4n) is 3.77. The van der Waals surface area contributed by atoms with E-state index in [9.17, 15) is 22.3 Å². The summed E-state index contributed by atoms with van der Waals surface area (Å²) in [5.41, 5.74) is -0.998. The Morgan fingerprint density at radius 2 is 2.00 bits per heavy atom. The summed E-state index contributed by atoms with van der Waals surface area (Å²) in [4.78, 5) is -1.12. The number of nitrogens with zero attached hydrogens (tertiary/aromatic N) is 1. The molecular weight excluding hydrogens is 366 g/mol. The van der Waals surface area contributed by atoms with Gasteiger partial charge in [-0.25, -0.2) is 21.9 Å². The molecule has 0 aromatic heterocycles. The fraction of sp³-hybridized carbons (Fsp3) is 0.588. The van der Waals surface area contributed by atoms with Crippen molar-refractivity contribution in [2.24, 2.45) is 5.41 Å². The highest BCUT2D eigenvalue weighted by Gasteiger charge is 2.50. The van der Waals surface area contributed by atoms with Crippen LogP contribution >= 0.6 is 0 Å². The molecule has 1 heterocycles. The summed E-state index contributed by atoms with van der Waals surface area (Å²) in [7, 11) is -4.55. The number of hydrogen-bond acceptors (Lipinski definition) is 5. The summed E-state index contributed by atoms with van der Waals surface area (Å²) in [6.45, 7) is 0.238. The summed E-state index contributed by atoms with van der Waals surface area (Å²) in [5.74, 6) is -2.65. The van der Waals surface area contributed by atoms with Crippen LogP contribution in [0.4, 0.5) is 8.78 Å². The standard InChI is InChI=1S/C17H20F2N2O4S/c18-12-7-11(9-20)8-13(19)15(12)26(23,24)21-16(14-3-1-6-25-14)17(10-22)4-2-5-17/h7-8,14,16,21-22H,1-6,10H2/t14-,16-/m0/s1. The van der Waals surface area contributed by atoms with Crippen LogP contribution in [0, 0.1) is 28.4 Å². The number of nitrogens with one attached hydrogen (secondary N) is 1. The molecule has 1 saturated heterocycles. The predicted molar refractivity (Wildman–Crippen MR) is 87.5 cm³/mol. The van der Waals surface area contributed by atoms with Gasteiger partial charge in [-0.15, -0.1) is 0 Å². The Labute approximate surface area is 150 Å². The lowest BCUT2D eigenvalue weighted by atomic mass is 9.63. The van der Waals surface area contributed by atoms with E-state index in [1.165, 1.54) is 0 Å². The Hall–Kier alpha value is -1.60. The van der Waals surface area contributed by atoms with Gasteiger partial charge in [-0.3, -0.25) is 0 Å². The molecule has 1 aromatic carbocycles. The molecule has 3 rings (SSSR count). The lowest BCUT2D eigenvalue weighted by molar-refractivity contribution is -0.0429. The van der Waals surface area contributed by atoms with E-state index in [0.29, 0.717) is 38.0 Å². The van der Waals surface area contributed by atoms with Gasteiger partial charge in [0.05, 0.1) is 30.4 Å². The van der Waals surface area contributed by atoms with E-state index in [4.69, 9.17) is 10.00 Å². The second kappa shape index (κ2) is 7.19. The van der Waals surface area contributed by atoms with Crippen molar-refractivity contribution in [3.05, 3.63) is 29.3 Å². The van der Waals surface area contributed by atoms with Gasteiger partial charge in [0.2, 0.25) is 10.0 Å². The molecule has 2 fully saturated rings. The monoisotopic (exact) mass is 386 g/mol. The topological polar surface area (TPSA) is 99.4 Å². The van der Waals surface area contributed by atoms with Crippen molar-refractivity contribution in [3.8, 4) is 6.07 Å². The zero-order chi connectivity index (χ0) is 18.9. The van der Waals surface area contributed by atoms with Gasteiger partial charge in [0, 0.05) is 12.0 Å². The van der Waals surface area contributed by atoms with E-state index in [1.807, 2.05) is 0 Å². The maximum absolute atomic E-state index is 14.2. The third-order valence-corrected chi connectivity index (χ3v) is 6.83. The van der Waals surface area contributed by atoms with Crippen molar-refractivity contribution in [2.45, 2.75) is 49.1 Å². The highest BCUT2D eigenvalue weighted by atomic mass is 32.2. The number of benzene rings is 1. The van der Waals surface area contributed by atoms with Crippen LogP contribution in [-0.4, -0.2) is 38.9 Å². The maximum atomic E-state index is 14.2. The molecule has 2 aliphatic rings. The lowest BCUT2D eigenvalue weighted by Gasteiger charge is -2.48. The van der Waals surface area contributed by atoms with E-state index in [-0.39, 0.29) is 12.2 Å². The molecule has 0 spiro atoms. The zero-order valence-corrected chi connectivity index (χ0v) is 14.9. The molecule has 2 atom stereocenters. The van der Waals surface area contributed by atoms with Gasteiger partial charge in [0.25, 0.3) is 0 Å². The summed E-state index contributed by atoms with van der Waals surface area (Å²) in [5, 5.41) is 18.6. The second-order valence-corrected chi connectivity index (χ2v) is 8.56. The third-order valence-electron chi connectivity index (χ3n) is 5.34.